The summed E-state index contributed by atoms with van der Waals surface area (Å²) in [5.41, 5.74) is 3.44. The fourth-order valence-corrected chi connectivity index (χ4v) is 5.15. The van der Waals surface area contributed by atoms with Crippen molar-refractivity contribution >= 4 is 18.1 Å². The molecule has 1 saturated carbocycles. The molecule has 0 spiro atoms. The number of aryl methyl sites for hydroxylation is 1. The predicted molar refractivity (Wildman–Crippen MR) is 124 cm³/mol. The Balaban J connectivity index is 1.69. The monoisotopic (exact) mass is 440 g/mol. The maximum Gasteiger partial charge on any atom is 0.409 e. The van der Waals surface area contributed by atoms with E-state index in [0.29, 0.717) is 38.6 Å². The van der Waals surface area contributed by atoms with Gasteiger partial charge in [0.25, 0.3) is 5.91 Å². The second kappa shape index (κ2) is 10.7. The Morgan fingerprint density at radius 1 is 1.19 bits per heavy atom. The summed E-state index contributed by atoms with van der Waals surface area (Å²) < 4.78 is 7.46. The molecule has 1 aromatic heterocycles. The Morgan fingerprint density at radius 3 is 2.44 bits per heavy atom. The van der Waals surface area contributed by atoms with Gasteiger partial charge in [0.15, 0.2) is 0 Å². The summed E-state index contributed by atoms with van der Waals surface area (Å²) in [5.74, 6) is -0.229. The van der Waals surface area contributed by atoms with Crippen LogP contribution in [0.15, 0.2) is 11.6 Å². The minimum absolute atomic E-state index is 0.0436. The molecule has 2 heterocycles. The highest BCUT2D eigenvalue weighted by Crippen LogP contribution is 2.33. The largest absolute Gasteiger partial charge is 0.450 e. The number of rotatable bonds is 5. The number of amides is 2. The van der Waals surface area contributed by atoms with Crippen molar-refractivity contribution in [3.05, 3.63) is 28.6 Å². The number of ether oxygens (including phenoxy) is 1. The van der Waals surface area contributed by atoms with E-state index in [1.54, 1.807) is 29.8 Å². The predicted octanol–water partition coefficient (Wildman–Crippen LogP) is 4.60. The number of aromatic nitrogens is 1. The Hall–Kier alpha value is -2.75. The van der Waals surface area contributed by atoms with E-state index in [-0.39, 0.29) is 23.6 Å². The molecule has 2 amide bonds. The summed E-state index contributed by atoms with van der Waals surface area (Å²) in [6, 6.07) is 4.78. The van der Waals surface area contributed by atoms with Gasteiger partial charge in [0.1, 0.15) is 11.6 Å². The Labute approximate surface area is 191 Å². The Bertz CT molecular complexity index is 897. The van der Waals surface area contributed by atoms with Crippen LogP contribution in [0.3, 0.4) is 0 Å². The van der Waals surface area contributed by atoms with Crippen LogP contribution in [0.5, 0.6) is 0 Å². The maximum absolute atomic E-state index is 13.1. The number of carbonyl (C=O) groups is 2. The van der Waals surface area contributed by atoms with Crippen molar-refractivity contribution in [1.29, 1.82) is 5.26 Å². The summed E-state index contributed by atoms with van der Waals surface area (Å²) in [5, 5.41) is 9.73. The number of nitriles is 1. The van der Waals surface area contributed by atoms with Gasteiger partial charge in [-0.1, -0.05) is 19.3 Å². The summed E-state index contributed by atoms with van der Waals surface area (Å²) in [7, 11) is 1.74. The van der Waals surface area contributed by atoms with Gasteiger partial charge in [-0.2, -0.15) is 5.26 Å². The van der Waals surface area contributed by atoms with Crippen LogP contribution < -0.4 is 0 Å². The third kappa shape index (κ3) is 5.17. The number of piperidine rings is 1. The van der Waals surface area contributed by atoms with Gasteiger partial charge in [0, 0.05) is 43.6 Å². The van der Waals surface area contributed by atoms with Crippen molar-refractivity contribution in [2.75, 3.05) is 26.7 Å². The summed E-state index contributed by atoms with van der Waals surface area (Å²) in [6.45, 7) is 7.37. The molecular weight excluding hydrogens is 404 g/mol. The quantitative estimate of drug-likeness (QED) is 0.495. The first-order valence-corrected chi connectivity index (χ1v) is 11.9. The minimum Gasteiger partial charge on any atom is -0.450 e. The average Bonchev–Trinajstić information content (AvgIpc) is 3.09. The van der Waals surface area contributed by atoms with Gasteiger partial charge < -0.3 is 19.1 Å². The number of hydrogen-bond acceptors (Lipinski definition) is 4. The summed E-state index contributed by atoms with van der Waals surface area (Å²) in [4.78, 5) is 28.4. The summed E-state index contributed by atoms with van der Waals surface area (Å²) >= 11 is 0. The van der Waals surface area contributed by atoms with E-state index in [1.807, 2.05) is 0 Å². The van der Waals surface area contributed by atoms with Crippen molar-refractivity contribution in [3.63, 3.8) is 0 Å². The van der Waals surface area contributed by atoms with E-state index >= 15 is 0 Å². The third-order valence-corrected chi connectivity index (χ3v) is 6.97. The molecule has 3 rings (SSSR count). The van der Waals surface area contributed by atoms with Gasteiger partial charge in [0.2, 0.25) is 0 Å². The highest BCUT2D eigenvalue weighted by molar-refractivity contribution is 6.01. The van der Waals surface area contributed by atoms with E-state index in [9.17, 15) is 14.9 Å². The van der Waals surface area contributed by atoms with E-state index in [1.165, 1.54) is 37.8 Å². The molecule has 1 aromatic rings. The van der Waals surface area contributed by atoms with Crippen LogP contribution in [0.4, 0.5) is 4.79 Å². The van der Waals surface area contributed by atoms with E-state index in [2.05, 4.69) is 30.6 Å². The normalized spacial score (nSPS) is 18.3. The molecule has 0 bridgehead atoms. The maximum atomic E-state index is 13.1. The van der Waals surface area contributed by atoms with Gasteiger partial charge in [-0.15, -0.1) is 0 Å². The topological polar surface area (TPSA) is 78.6 Å². The first-order chi connectivity index (χ1) is 15.4. The van der Waals surface area contributed by atoms with Gasteiger partial charge in [-0.05, 0) is 64.2 Å². The zero-order valence-electron chi connectivity index (χ0n) is 19.9. The molecule has 0 aromatic carbocycles. The molecule has 0 unspecified atom stereocenters. The lowest BCUT2D eigenvalue weighted by molar-refractivity contribution is -0.128. The molecule has 1 aliphatic carbocycles. The third-order valence-electron chi connectivity index (χ3n) is 6.97. The minimum atomic E-state index is -0.330. The van der Waals surface area contributed by atoms with Gasteiger partial charge in [-0.25, -0.2) is 4.79 Å². The average molecular weight is 441 g/mol. The van der Waals surface area contributed by atoms with Crippen molar-refractivity contribution in [1.82, 2.24) is 14.4 Å². The molecule has 7 heteroatoms. The molecule has 1 saturated heterocycles. The molecule has 7 nitrogen and oxygen atoms in total. The number of hydrogen-bond donors (Lipinski definition) is 0. The smallest absolute Gasteiger partial charge is 0.409 e. The van der Waals surface area contributed by atoms with Crippen molar-refractivity contribution in [2.45, 2.75) is 77.8 Å². The van der Waals surface area contributed by atoms with Crippen molar-refractivity contribution in [2.24, 2.45) is 0 Å². The van der Waals surface area contributed by atoms with Crippen LogP contribution in [-0.2, 0) is 9.53 Å². The first kappa shape index (κ1) is 23.9. The number of nitrogens with zero attached hydrogens (tertiary/aromatic N) is 4. The molecule has 0 radical (unpaired) electrons. The SMILES string of the molecule is CCOC(=O)N(C)C1CCN(C(=O)/C(C#N)=C/c2cc(C)n(C3CCCCC3)c2C)CC1. The lowest BCUT2D eigenvalue weighted by Gasteiger charge is -2.36. The van der Waals surface area contributed by atoms with Crippen LogP contribution >= 0.6 is 0 Å². The van der Waals surface area contributed by atoms with Crippen LogP contribution in [0.1, 0.15) is 74.9 Å². The molecule has 2 aliphatic rings. The molecule has 1 aliphatic heterocycles. The van der Waals surface area contributed by atoms with Crippen LogP contribution in [0.2, 0.25) is 0 Å². The standard InChI is InChI=1S/C25H36N4O3/c1-5-32-25(31)27(4)22-11-13-28(14-12-22)24(30)21(17-26)16-20-15-18(2)29(19(20)3)23-9-7-6-8-10-23/h15-16,22-23H,5-14H2,1-4H3/b21-16+. The first-order valence-electron chi connectivity index (χ1n) is 11.9. The number of carbonyl (C=O) groups excluding carboxylic acids is 2. The van der Waals surface area contributed by atoms with E-state index in [4.69, 9.17) is 4.74 Å². The molecule has 32 heavy (non-hydrogen) atoms. The van der Waals surface area contributed by atoms with Crippen molar-refractivity contribution in [3.8, 4) is 6.07 Å². The molecule has 174 valence electrons. The lowest BCUT2D eigenvalue weighted by Crippen LogP contribution is -2.47. The van der Waals surface area contributed by atoms with Crippen LogP contribution in [-0.4, -0.2) is 59.2 Å². The molecule has 0 atom stereocenters. The lowest BCUT2D eigenvalue weighted by atomic mass is 9.95. The zero-order chi connectivity index (χ0) is 23.3. The zero-order valence-corrected chi connectivity index (χ0v) is 19.9. The van der Waals surface area contributed by atoms with Gasteiger partial charge in [-0.3, -0.25) is 4.79 Å². The van der Waals surface area contributed by atoms with Crippen molar-refractivity contribution < 1.29 is 14.3 Å². The molecule has 2 fully saturated rings. The Morgan fingerprint density at radius 2 is 1.84 bits per heavy atom. The highest BCUT2D eigenvalue weighted by Gasteiger charge is 2.29. The van der Waals surface area contributed by atoms with Gasteiger partial charge >= 0.3 is 6.09 Å². The fourth-order valence-electron chi connectivity index (χ4n) is 5.15. The van der Waals surface area contributed by atoms with E-state index in [0.717, 1.165) is 11.3 Å². The highest BCUT2D eigenvalue weighted by atomic mass is 16.6. The second-order valence-electron chi connectivity index (χ2n) is 8.99. The molecule has 0 N–H and O–H groups in total. The number of likely N-dealkylation sites (tertiary alicyclic amines) is 1. The second-order valence-corrected chi connectivity index (χ2v) is 8.99. The van der Waals surface area contributed by atoms with E-state index < -0.39 is 0 Å². The van der Waals surface area contributed by atoms with Crippen LogP contribution in [0.25, 0.3) is 6.08 Å². The fraction of sp³-hybridized carbons (Fsp3) is 0.640. The Kier molecular flexibility index (Phi) is 8.00. The van der Waals surface area contributed by atoms with Crippen LogP contribution in [0, 0.1) is 25.2 Å². The summed E-state index contributed by atoms with van der Waals surface area (Å²) in [6.07, 6.45) is 8.99. The molecular formula is C25H36N4O3. The van der Waals surface area contributed by atoms with Gasteiger partial charge in [0.05, 0.1) is 6.61 Å².